The Morgan fingerprint density at radius 1 is 0.791 bits per heavy atom. The van der Waals surface area contributed by atoms with Gasteiger partial charge in [0.2, 0.25) is 17.8 Å². The molecule has 2 aromatic carbocycles. The molecule has 0 spiro atoms. The summed E-state index contributed by atoms with van der Waals surface area (Å²) in [5.74, 6) is 1.48. The molecule has 0 amide bonds. The van der Waals surface area contributed by atoms with Crippen molar-refractivity contribution in [2.24, 2.45) is 22.9 Å². The standard InChI is InChI=1S/C31H41N11O/c1-2-42-26(14-27(43)28(42)19-7-4-3-5-8-19)20-9-6-10-25(11-20)36-29-37-30(40-15-21(32)12-22(33)16-40)39-31(38-29)41-17-23(34)13-24(35)18-41/h3-11,14,21-24,28H,2,12-13,15-18,32-35H2,1H3,(H,36,37,38,39)/t21-,22+,23-,24+,28?. The van der Waals surface area contributed by atoms with Gasteiger partial charge in [-0.1, -0.05) is 42.5 Å². The van der Waals surface area contributed by atoms with Crippen molar-refractivity contribution in [1.82, 2.24) is 19.9 Å². The summed E-state index contributed by atoms with van der Waals surface area (Å²) in [6, 6.07) is 17.2. The number of nitrogens with zero attached hydrogens (tertiary/aromatic N) is 6. The van der Waals surface area contributed by atoms with Crippen LogP contribution in [0, 0.1) is 0 Å². The number of benzene rings is 2. The van der Waals surface area contributed by atoms with Crippen molar-refractivity contribution in [2.75, 3.05) is 47.8 Å². The maximum atomic E-state index is 13.2. The third-order valence-electron chi connectivity index (χ3n) is 8.25. The molecule has 2 saturated heterocycles. The van der Waals surface area contributed by atoms with E-state index in [1.807, 2.05) is 64.4 Å². The molecule has 3 aliphatic heterocycles. The van der Waals surface area contributed by atoms with Gasteiger partial charge in [-0.2, -0.15) is 15.0 Å². The summed E-state index contributed by atoms with van der Waals surface area (Å²) in [5, 5.41) is 3.39. The van der Waals surface area contributed by atoms with E-state index in [1.165, 1.54) is 0 Å². The minimum Gasteiger partial charge on any atom is -0.357 e. The van der Waals surface area contributed by atoms with Gasteiger partial charge in [0.15, 0.2) is 5.78 Å². The smallest absolute Gasteiger partial charge is 0.233 e. The molecule has 6 rings (SSSR count). The Morgan fingerprint density at radius 2 is 1.37 bits per heavy atom. The zero-order valence-electron chi connectivity index (χ0n) is 24.5. The molecule has 12 heteroatoms. The number of hydrogen-bond acceptors (Lipinski definition) is 12. The zero-order chi connectivity index (χ0) is 30.1. The summed E-state index contributed by atoms with van der Waals surface area (Å²) in [4.78, 5) is 33.7. The Balaban J connectivity index is 1.30. The first-order valence-corrected chi connectivity index (χ1v) is 15.0. The predicted molar refractivity (Wildman–Crippen MR) is 170 cm³/mol. The van der Waals surface area contributed by atoms with Crippen LogP contribution in [0.4, 0.5) is 23.5 Å². The van der Waals surface area contributed by atoms with E-state index in [0.717, 1.165) is 35.4 Å². The van der Waals surface area contributed by atoms with Gasteiger partial charge in [-0.15, -0.1) is 0 Å². The molecule has 0 aliphatic carbocycles. The number of carbonyl (C=O) groups excluding carboxylic acids is 1. The number of likely N-dealkylation sites (N-methyl/N-ethyl adjacent to an activating group) is 1. The zero-order valence-corrected chi connectivity index (χ0v) is 24.5. The van der Waals surface area contributed by atoms with Crippen LogP contribution in [0.15, 0.2) is 60.7 Å². The Kier molecular flexibility index (Phi) is 8.26. The molecule has 5 atom stereocenters. The van der Waals surface area contributed by atoms with Crippen LogP contribution in [0.1, 0.15) is 36.9 Å². The molecule has 0 bridgehead atoms. The summed E-state index contributed by atoms with van der Waals surface area (Å²) < 4.78 is 0. The summed E-state index contributed by atoms with van der Waals surface area (Å²) in [6.07, 6.45) is 3.24. The SMILES string of the molecule is CCN1C(c2cccc(Nc3nc(N4C[C@H](N)C[C@H](N)C4)nc(N4C[C@H](N)C[C@H](N)C4)n3)c2)=CC(=O)C1c1ccccc1. The van der Waals surface area contributed by atoms with E-state index in [0.29, 0.717) is 50.6 Å². The first-order chi connectivity index (χ1) is 20.8. The largest absolute Gasteiger partial charge is 0.357 e. The number of aromatic nitrogens is 3. The number of rotatable bonds is 7. The predicted octanol–water partition coefficient (Wildman–Crippen LogP) is 1.33. The molecule has 9 N–H and O–H groups in total. The third-order valence-corrected chi connectivity index (χ3v) is 8.25. The fraction of sp³-hybridized carbons (Fsp3) is 0.419. The molecule has 2 fully saturated rings. The van der Waals surface area contributed by atoms with E-state index in [1.54, 1.807) is 6.08 Å². The Morgan fingerprint density at radius 3 is 1.93 bits per heavy atom. The molecule has 12 nitrogen and oxygen atoms in total. The molecule has 1 unspecified atom stereocenters. The van der Waals surface area contributed by atoms with E-state index in [2.05, 4.69) is 17.1 Å². The lowest BCUT2D eigenvalue weighted by Crippen LogP contribution is -2.54. The Hall–Kier alpha value is -4.10. The molecule has 3 aromatic rings. The highest BCUT2D eigenvalue weighted by Gasteiger charge is 2.34. The number of nitrogens with one attached hydrogen (secondary N) is 1. The highest BCUT2D eigenvalue weighted by Crippen LogP contribution is 2.37. The molecule has 43 heavy (non-hydrogen) atoms. The summed E-state index contributed by atoms with van der Waals surface area (Å²) in [5.41, 5.74) is 28.8. The van der Waals surface area contributed by atoms with Gasteiger partial charge in [0, 0.05) is 79.9 Å². The first-order valence-electron chi connectivity index (χ1n) is 15.0. The lowest BCUT2D eigenvalue weighted by atomic mass is 10.0. The van der Waals surface area contributed by atoms with Crippen molar-refractivity contribution < 1.29 is 4.79 Å². The van der Waals surface area contributed by atoms with E-state index < -0.39 is 0 Å². The van der Waals surface area contributed by atoms with Crippen molar-refractivity contribution in [1.29, 1.82) is 0 Å². The van der Waals surface area contributed by atoms with Gasteiger partial charge < -0.3 is 43.0 Å². The van der Waals surface area contributed by atoms with Crippen LogP contribution in [-0.2, 0) is 4.79 Å². The summed E-state index contributed by atoms with van der Waals surface area (Å²) in [7, 11) is 0. The van der Waals surface area contributed by atoms with Crippen LogP contribution in [-0.4, -0.2) is 82.5 Å². The highest BCUT2D eigenvalue weighted by atomic mass is 16.1. The van der Waals surface area contributed by atoms with E-state index in [-0.39, 0.29) is 36.0 Å². The van der Waals surface area contributed by atoms with Gasteiger partial charge >= 0.3 is 0 Å². The maximum absolute atomic E-state index is 13.2. The van der Waals surface area contributed by atoms with Gasteiger partial charge in [-0.25, -0.2) is 0 Å². The molecular weight excluding hydrogens is 542 g/mol. The number of piperidine rings is 2. The number of ketones is 1. The molecule has 0 saturated carbocycles. The molecule has 1 aromatic heterocycles. The van der Waals surface area contributed by atoms with E-state index >= 15 is 0 Å². The molecule has 4 heterocycles. The van der Waals surface area contributed by atoms with Gasteiger partial charge in [0.1, 0.15) is 6.04 Å². The third kappa shape index (κ3) is 6.32. The minimum absolute atomic E-state index is 0.0718. The molecule has 3 aliphatic rings. The lowest BCUT2D eigenvalue weighted by molar-refractivity contribution is -0.117. The van der Waals surface area contributed by atoms with Gasteiger partial charge in [0.05, 0.1) is 0 Å². The topological polar surface area (TPSA) is 182 Å². The second-order valence-corrected chi connectivity index (χ2v) is 11.8. The van der Waals surface area contributed by atoms with Gasteiger partial charge in [-0.3, -0.25) is 4.79 Å². The van der Waals surface area contributed by atoms with Crippen LogP contribution in [0.25, 0.3) is 5.70 Å². The first kappa shape index (κ1) is 29.0. The van der Waals surface area contributed by atoms with Crippen molar-refractivity contribution in [3.05, 3.63) is 71.8 Å². The normalized spacial score (nSPS) is 26.1. The van der Waals surface area contributed by atoms with Crippen LogP contribution >= 0.6 is 0 Å². The Bertz CT molecular complexity index is 1420. The summed E-state index contributed by atoms with van der Waals surface area (Å²) >= 11 is 0. The Labute approximate surface area is 252 Å². The van der Waals surface area contributed by atoms with Gasteiger partial charge in [0.25, 0.3) is 0 Å². The number of nitrogens with two attached hydrogens (primary N) is 4. The average Bonchev–Trinajstić information content (AvgIpc) is 3.32. The highest BCUT2D eigenvalue weighted by molar-refractivity contribution is 6.05. The second kappa shape index (κ2) is 12.3. The molecule has 0 radical (unpaired) electrons. The molecular formula is C31H41N11O. The number of anilines is 4. The number of hydrogen-bond donors (Lipinski definition) is 5. The van der Waals surface area contributed by atoms with Crippen LogP contribution < -0.4 is 38.1 Å². The quantitative estimate of drug-likeness (QED) is 0.270. The minimum atomic E-state index is -0.337. The lowest BCUT2D eigenvalue weighted by Gasteiger charge is -2.37. The van der Waals surface area contributed by atoms with Crippen molar-refractivity contribution >= 4 is 35.0 Å². The van der Waals surface area contributed by atoms with E-state index in [9.17, 15) is 4.79 Å². The van der Waals surface area contributed by atoms with Crippen LogP contribution in [0.5, 0.6) is 0 Å². The van der Waals surface area contributed by atoms with Crippen LogP contribution in [0.2, 0.25) is 0 Å². The number of carbonyl (C=O) groups is 1. The average molecular weight is 584 g/mol. The molecule has 226 valence electrons. The van der Waals surface area contributed by atoms with Crippen molar-refractivity contribution in [2.45, 2.75) is 50.0 Å². The second-order valence-electron chi connectivity index (χ2n) is 11.8. The fourth-order valence-electron chi connectivity index (χ4n) is 6.43. The van der Waals surface area contributed by atoms with Crippen molar-refractivity contribution in [3.63, 3.8) is 0 Å². The fourth-order valence-corrected chi connectivity index (χ4v) is 6.43. The van der Waals surface area contributed by atoms with Gasteiger partial charge in [-0.05, 0) is 37.5 Å². The summed E-state index contributed by atoms with van der Waals surface area (Å²) in [6.45, 7) is 5.15. The monoisotopic (exact) mass is 583 g/mol. The van der Waals surface area contributed by atoms with Crippen LogP contribution in [0.3, 0.4) is 0 Å². The maximum Gasteiger partial charge on any atom is 0.233 e. The van der Waals surface area contributed by atoms with Crippen molar-refractivity contribution in [3.8, 4) is 0 Å². The van der Waals surface area contributed by atoms with E-state index in [4.69, 9.17) is 37.9 Å².